The third-order valence-corrected chi connectivity index (χ3v) is 3.92. The van der Waals surface area contributed by atoms with Crippen molar-refractivity contribution >= 4 is 29.0 Å². The van der Waals surface area contributed by atoms with Crippen molar-refractivity contribution in [2.24, 2.45) is 5.73 Å². The molecule has 0 saturated heterocycles. The number of rotatable bonds is 5. The number of urea groups is 1. The molecule has 1 aromatic heterocycles. The van der Waals surface area contributed by atoms with Crippen LogP contribution in [0.25, 0.3) is 0 Å². The monoisotopic (exact) mass is 303 g/mol. The maximum atomic E-state index is 11.8. The number of amides is 3. The molecule has 5 nitrogen and oxygen atoms in total. The number of thiophene rings is 1. The maximum absolute atomic E-state index is 11.8. The van der Waals surface area contributed by atoms with Crippen molar-refractivity contribution in [2.45, 2.75) is 13.3 Å². The molecule has 0 aliphatic heterocycles. The number of hydrogen-bond acceptors (Lipinski definition) is 3. The molecule has 0 spiro atoms. The van der Waals surface area contributed by atoms with Gasteiger partial charge in [0.25, 0.3) is 0 Å². The molecule has 1 aromatic carbocycles. The Morgan fingerprint density at radius 3 is 2.71 bits per heavy atom. The van der Waals surface area contributed by atoms with Gasteiger partial charge in [0.15, 0.2) is 0 Å². The lowest BCUT2D eigenvalue weighted by molar-refractivity contribution is 0.0999. The van der Waals surface area contributed by atoms with E-state index in [-0.39, 0.29) is 6.03 Å². The van der Waals surface area contributed by atoms with Crippen molar-refractivity contribution in [1.82, 2.24) is 5.32 Å². The van der Waals surface area contributed by atoms with Gasteiger partial charge in [-0.1, -0.05) is 6.07 Å². The fraction of sp³-hybridized carbons (Fsp3) is 0.200. The van der Waals surface area contributed by atoms with E-state index >= 15 is 0 Å². The minimum absolute atomic E-state index is 0.266. The molecule has 0 bridgehead atoms. The summed E-state index contributed by atoms with van der Waals surface area (Å²) in [5.41, 5.74) is 7.06. The molecule has 0 atom stereocenters. The van der Waals surface area contributed by atoms with Gasteiger partial charge in [0.05, 0.1) is 0 Å². The van der Waals surface area contributed by atoms with Crippen LogP contribution in [-0.4, -0.2) is 18.5 Å². The summed E-state index contributed by atoms with van der Waals surface area (Å²) in [6.07, 6.45) is 0.810. The fourth-order valence-electron chi connectivity index (χ4n) is 1.95. The number of anilines is 1. The van der Waals surface area contributed by atoms with Gasteiger partial charge in [-0.3, -0.25) is 4.79 Å². The Morgan fingerprint density at radius 1 is 1.29 bits per heavy atom. The van der Waals surface area contributed by atoms with Gasteiger partial charge in [-0.15, -0.1) is 11.3 Å². The molecular weight excluding hydrogens is 286 g/mol. The molecule has 0 fully saturated rings. The highest BCUT2D eigenvalue weighted by molar-refractivity contribution is 7.09. The van der Waals surface area contributed by atoms with E-state index in [9.17, 15) is 9.59 Å². The van der Waals surface area contributed by atoms with E-state index in [2.05, 4.69) is 10.6 Å². The summed E-state index contributed by atoms with van der Waals surface area (Å²) < 4.78 is 0. The Bertz CT molecular complexity index is 638. The van der Waals surface area contributed by atoms with Crippen molar-refractivity contribution in [3.8, 4) is 0 Å². The van der Waals surface area contributed by atoms with Gasteiger partial charge in [0.1, 0.15) is 0 Å². The topological polar surface area (TPSA) is 84.2 Å². The highest BCUT2D eigenvalue weighted by Crippen LogP contribution is 2.14. The molecule has 21 heavy (non-hydrogen) atoms. The average molecular weight is 303 g/mol. The molecule has 4 N–H and O–H groups in total. The van der Waals surface area contributed by atoms with E-state index in [1.54, 1.807) is 36.5 Å². The second kappa shape index (κ2) is 6.90. The quantitative estimate of drug-likeness (QED) is 0.793. The average Bonchev–Trinajstić information content (AvgIpc) is 2.91. The van der Waals surface area contributed by atoms with E-state index in [4.69, 9.17) is 5.73 Å². The first kappa shape index (κ1) is 15.1. The number of primary amides is 1. The van der Waals surface area contributed by atoms with E-state index in [1.165, 1.54) is 4.88 Å². The first-order valence-corrected chi connectivity index (χ1v) is 7.42. The van der Waals surface area contributed by atoms with Crippen molar-refractivity contribution in [1.29, 1.82) is 0 Å². The smallest absolute Gasteiger partial charge is 0.319 e. The maximum Gasteiger partial charge on any atom is 0.319 e. The van der Waals surface area contributed by atoms with Crippen LogP contribution in [0.3, 0.4) is 0 Å². The molecule has 1 heterocycles. The van der Waals surface area contributed by atoms with E-state index in [0.717, 1.165) is 12.0 Å². The van der Waals surface area contributed by atoms with Gasteiger partial charge in [-0.05, 0) is 48.6 Å². The SMILES string of the molecule is Cc1cc(NC(=O)NCCc2cccs2)ccc1C(N)=O. The summed E-state index contributed by atoms with van der Waals surface area (Å²) in [6.45, 7) is 2.35. The Balaban J connectivity index is 1.85. The number of carbonyl (C=O) groups is 2. The normalized spacial score (nSPS) is 10.1. The molecule has 0 aliphatic rings. The zero-order valence-corrected chi connectivity index (χ0v) is 12.5. The summed E-state index contributed by atoms with van der Waals surface area (Å²) in [5.74, 6) is -0.473. The predicted molar refractivity (Wildman–Crippen MR) is 84.7 cm³/mol. The third-order valence-electron chi connectivity index (χ3n) is 2.99. The summed E-state index contributed by atoms with van der Waals surface area (Å²) in [5, 5.41) is 7.53. The Hall–Kier alpha value is -2.34. The van der Waals surface area contributed by atoms with Crippen molar-refractivity contribution in [3.63, 3.8) is 0 Å². The predicted octanol–water partition coefficient (Wildman–Crippen LogP) is 2.52. The van der Waals surface area contributed by atoms with Gasteiger partial charge in [0, 0.05) is 22.7 Å². The van der Waals surface area contributed by atoms with Crippen molar-refractivity contribution in [3.05, 3.63) is 51.7 Å². The van der Waals surface area contributed by atoms with Gasteiger partial charge in [0.2, 0.25) is 5.91 Å². The third kappa shape index (κ3) is 4.32. The van der Waals surface area contributed by atoms with Gasteiger partial charge in [-0.2, -0.15) is 0 Å². The highest BCUT2D eigenvalue weighted by Gasteiger charge is 2.07. The first-order chi connectivity index (χ1) is 10.1. The molecule has 0 aliphatic carbocycles. The Labute approximate surface area is 127 Å². The molecule has 0 saturated carbocycles. The molecule has 2 aromatic rings. The lowest BCUT2D eigenvalue weighted by atomic mass is 10.1. The first-order valence-electron chi connectivity index (χ1n) is 6.54. The molecular formula is C15H17N3O2S. The van der Waals surface area contributed by atoms with Crippen LogP contribution in [0.4, 0.5) is 10.5 Å². The van der Waals surface area contributed by atoms with Crippen LogP contribution in [0.5, 0.6) is 0 Å². The van der Waals surface area contributed by atoms with Crippen LogP contribution in [0.1, 0.15) is 20.8 Å². The summed E-state index contributed by atoms with van der Waals surface area (Å²) in [7, 11) is 0. The van der Waals surface area contributed by atoms with E-state index in [1.807, 2.05) is 17.5 Å². The lowest BCUT2D eigenvalue weighted by Gasteiger charge is -2.09. The number of hydrogen-bond donors (Lipinski definition) is 3. The molecule has 2 rings (SSSR count). The fourth-order valence-corrected chi connectivity index (χ4v) is 2.66. The minimum atomic E-state index is -0.473. The lowest BCUT2D eigenvalue weighted by Crippen LogP contribution is -2.30. The van der Waals surface area contributed by atoms with Crippen LogP contribution in [0, 0.1) is 6.92 Å². The van der Waals surface area contributed by atoms with Crippen molar-refractivity contribution in [2.75, 3.05) is 11.9 Å². The van der Waals surface area contributed by atoms with Gasteiger partial charge < -0.3 is 16.4 Å². The summed E-state index contributed by atoms with van der Waals surface area (Å²) in [4.78, 5) is 24.1. The standard InChI is InChI=1S/C15H17N3O2S/c1-10-9-11(4-5-13(10)14(16)19)18-15(20)17-7-6-12-3-2-8-21-12/h2-5,8-9H,6-7H2,1H3,(H2,16,19)(H2,17,18,20). The molecule has 3 amide bonds. The highest BCUT2D eigenvalue weighted by atomic mass is 32.1. The van der Waals surface area contributed by atoms with Crippen LogP contribution in [-0.2, 0) is 6.42 Å². The zero-order valence-electron chi connectivity index (χ0n) is 11.7. The molecule has 110 valence electrons. The second-order valence-electron chi connectivity index (χ2n) is 4.60. The van der Waals surface area contributed by atoms with E-state index in [0.29, 0.717) is 17.8 Å². The van der Waals surface area contributed by atoms with E-state index < -0.39 is 5.91 Å². The minimum Gasteiger partial charge on any atom is -0.366 e. The molecule has 0 radical (unpaired) electrons. The Kier molecular flexibility index (Phi) is 4.94. The number of nitrogens with one attached hydrogen (secondary N) is 2. The number of benzene rings is 1. The van der Waals surface area contributed by atoms with Crippen LogP contribution < -0.4 is 16.4 Å². The summed E-state index contributed by atoms with van der Waals surface area (Å²) in [6, 6.07) is 8.75. The number of carbonyl (C=O) groups excluding carboxylic acids is 2. The molecule has 0 unspecified atom stereocenters. The van der Waals surface area contributed by atoms with Crippen LogP contribution >= 0.6 is 11.3 Å². The zero-order chi connectivity index (χ0) is 15.2. The van der Waals surface area contributed by atoms with Gasteiger partial charge in [-0.25, -0.2) is 4.79 Å². The Morgan fingerprint density at radius 2 is 2.10 bits per heavy atom. The largest absolute Gasteiger partial charge is 0.366 e. The van der Waals surface area contributed by atoms with Crippen molar-refractivity contribution < 1.29 is 9.59 Å². The second-order valence-corrected chi connectivity index (χ2v) is 5.64. The van der Waals surface area contributed by atoms with Crippen LogP contribution in [0.15, 0.2) is 35.7 Å². The molecule has 6 heteroatoms. The van der Waals surface area contributed by atoms with Crippen LogP contribution in [0.2, 0.25) is 0 Å². The van der Waals surface area contributed by atoms with Gasteiger partial charge >= 0.3 is 6.03 Å². The summed E-state index contributed by atoms with van der Waals surface area (Å²) >= 11 is 1.67. The number of aryl methyl sites for hydroxylation is 1. The number of nitrogens with two attached hydrogens (primary N) is 1.